The third-order valence-electron chi connectivity index (χ3n) is 2.71. The molecule has 0 spiro atoms. The smallest absolute Gasteiger partial charge is 0.244 e. The molecule has 0 aromatic carbocycles. The quantitative estimate of drug-likeness (QED) is 0.405. The molecule has 24 heavy (non-hydrogen) atoms. The molecule has 0 aliphatic carbocycles. The summed E-state index contributed by atoms with van der Waals surface area (Å²) in [5, 5.41) is 0.0601. The lowest BCUT2D eigenvalue weighted by atomic mass is 10.5. The van der Waals surface area contributed by atoms with Crippen molar-refractivity contribution >= 4 is 44.8 Å². The highest BCUT2D eigenvalue weighted by atomic mass is 32.3. The van der Waals surface area contributed by atoms with Crippen LogP contribution in [0.4, 0.5) is 11.9 Å². The summed E-state index contributed by atoms with van der Waals surface area (Å²) in [7, 11) is -2.30. The summed E-state index contributed by atoms with van der Waals surface area (Å²) in [6.45, 7) is 0. The minimum Gasteiger partial charge on any atom is -0.481 e. The van der Waals surface area contributed by atoms with Crippen LogP contribution in [0.2, 0.25) is 0 Å². The molecule has 0 unspecified atom stereocenters. The number of H-pyrrole nitrogens is 1. The van der Waals surface area contributed by atoms with Crippen molar-refractivity contribution in [1.82, 2.24) is 29.9 Å². The molecule has 0 radical (unpaired) electrons. The first-order valence-electron chi connectivity index (χ1n) is 6.44. The van der Waals surface area contributed by atoms with E-state index >= 15 is 0 Å². The van der Waals surface area contributed by atoms with E-state index in [2.05, 4.69) is 34.6 Å². The van der Waals surface area contributed by atoms with Gasteiger partial charge in [0.05, 0.1) is 13.4 Å². The van der Waals surface area contributed by atoms with E-state index in [1.165, 1.54) is 25.7 Å². The molecule has 0 saturated heterocycles. The maximum Gasteiger partial charge on any atom is 0.244 e. The zero-order valence-electron chi connectivity index (χ0n) is 12.3. The first kappa shape index (κ1) is 16.2. The minimum absolute atomic E-state index is 0.0126. The molecule has 3 aromatic rings. The Hall–Kier alpha value is -2.67. The van der Waals surface area contributed by atoms with Gasteiger partial charge in [0.1, 0.15) is 15.6 Å². The molecular weight excluding hydrogens is 356 g/mol. The number of aromatic amines is 1. The maximum atomic E-state index is 12.2. The van der Waals surface area contributed by atoms with Crippen molar-refractivity contribution in [2.45, 2.75) is 5.03 Å². The van der Waals surface area contributed by atoms with Crippen LogP contribution in [0.25, 0.3) is 11.2 Å². The van der Waals surface area contributed by atoms with E-state index < -0.39 is 10.0 Å². The molecule has 0 fully saturated rings. The monoisotopic (exact) mass is 368 g/mol. The molecule has 0 aliphatic rings. The molecule has 0 atom stereocenters. The molecule has 3 rings (SSSR count). The molecule has 0 amide bonds. The zero-order valence-corrected chi connectivity index (χ0v) is 13.9. The SMILES string of the molecule is COc1ccnc(NS(=O)(=O)CSc2nc(N)nc3nc[nH]c23)n1. The van der Waals surface area contributed by atoms with Gasteiger partial charge >= 0.3 is 0 Å². The number of aromatic nitrogens is 6. The van der Waals surface area contributed by atoms with Gasteiger partial charge in [-0.1, -0.05) is 11.8 Å². The van der Waals surface area contributed by atoms with Gasteiger partial charge in [-0.3, -0.25) is 4.72 Å². The lowest BCUT2D eigenvalue weighted by molar-refractivity contribution is 0.397. The molecule has 0 aliphatic heterocycles. The summed E-state index contributed by atoms with van der Waals surface area (Å²) in [6, 6.07) is 1.51. The van der Waals surface area contributed by atoms with Crippen molar-refractivity contribution in [2.75, 3.05) is 22.7 Å². The number of imidazole rings is 1. The molecule has 13 heteroatoms. The Bertz CT molecular complexity index is 974. The Morgan fingerprint density at radius 1 is 1.33 bits per heavy atom. The second-order valence-electron chi connectivity index (χ2n) is 4.39. The fourth-order valence-electron chi connectivity index (χ4n) is 1.73. The first-order chi connectivity index (χ1) is 11.5. The third-order valence-corrected chi connectivity index (χ3v) is 5.48. The van der Waals surface area contributed by atoms with Gasteiger partial charge in [-0.15, -0.1) is 0 Å². The lowest BCUT2D eigenvalue weighted by Crippen LogP contribution is -2.17. The van der Waals surface area contributed by atoms with E-state index in [9.17, 15) is 8.42 Å². The summed E-state index contributed by atoms with van der Waals surface area (Å²) in [5.41, 5.74) is 6.47. The highest BCUT2D eigenvalue weighted by Gasteiger charge is 2.17. The van der Waals surface area contributed by atoms with E-state index in [-0.39, 0.29) is 22.9 Å². The fraction of sp³-hybridized carbons (Fsp3) is 0.182. The summed E-state index contributed by atoms with van der Waals surface area (Å²) in [5.74, 6) is 0.181. The van der Waals surface area contributed by atoms with Crippen LogP contribution in [0.1, 0.15) is 0 Å². The van der Waals surface area contributed by atoms with E-state index in [4.69, 9.17) is 10.5 Å². The number of thioether (sulfide) groups is 1. The van der Waals surface area contributed by atoms with Crippen LogP contribution < -0.4 is 15.2 Å². The number of ether oxygens (including phenoxy) is 1. The Kier molecular flexibility index (Phi) is 4.35. The van der Waals surface area contributed by atoms with Gasteiger partial charge in [-0.25, -0.2) is 23.4 Å². The summed E-state index contributed by atoms with van der Waals surface area (Å²) < 4.78 is 31.5. The van der Waals surface area contributed by atoms with Gasteiger partial charge in [0.2, 0.25) is 27.8 Å². The van der Waals surface area contributed by atoms with Gasteiger partial charge in [0.25, 0.3) is 0 Å². The lowest BCUT2D eigenvalue weighted by Gasteiger charge is -2.07. The van der Waals surface area contributed by atoms with Gasteiger partial charge in [0.15, 0.2) is 5.65 Å². The first-order valence-corrected chi connectivity index (χ1v) is 9.07. The average Bonchev–Trinajstić information content (AvgIpc) is 3.00. The second-order valence-corrected chi connectivity index (χ2v) is 7.44. The van der Waals surface area contributed by atoms with Crippen molar-refractivity contribution in [3.05, 3.63) is 18.6 Å². The average molecular weight is 368 g/mol. The van der Waals surface area contributed by atoms with Crippen LogP contribution in [-0.2, 0) is 10.0 Å². The Morgan fingerprint density at radius 3 is 2.96 bits per heavy atom. The third kappa shape index (κ3) is 3.62. The van der Waals surface area contributed by atoms with Crippen molar-refractivity contribution in [3.63, 3.8) is 0 Å². The van der Waals surface area contributed by atoms with E-state index in [0.717, 1.165) is 11.8 Å². The number of hydrogen-bond acceptors (Lipinski definition) is 10. The molecule has 0 saturated carbocycles. The standard InChI is InChI=1S/C11H12N8O3S2/c1-22-6-2-3-13-11(16-6)19-24(20,21)5-23-9-7-8(15-4-14-7)17-10(12)18-9/h2-4H,5H2,1H3,(H,13,16,19)(H3,12,14,15,17,18). The number of hydrogen-bond donors (Lipinski definition) is 3. The number of nitrogens with two attached hydrogens (primary N) is 1. The van der Waals surface area contributed by atoms with Crippen molar-refractivity contribution in [1.29, 1.82) is 0 Å². The Morgan fingerprint density at radius 2 is 2.17 bits per heavy atom. The van der Waals surface area contributed by atoms with E-state index in [1.807, 2.05) is 0 Å². The van der Waals surface area contributed by atoms with E-state index in [1.54, 1.807) is 0 Å². The summed E-state index contributed by atoms with van der Waals surface area (Å²) in [6.07, 6.45) is 2.82. The fourth-order valence-corrected chi connectivity index (χ4v) is 3.87. The molecule has 4 N–H and O–H groups in total. The van der Waals surface area contributed by atoms with Gasteiger partial charge in [-0.05, 0) is 0 Å². The van der Waals surface area contributed by atoms with E-state index in [0.29, 0.717) is 16.2 Å². The molecule has 126 valence electrons. The van der Waals surface area contributed by atoms with Crippen molar-refractivity contribution in [3.8, 4) is 5.88 Å². The second kappa shape index (κ2) is 6.45. The molecule has 11 nitrogen and oxygen atoms in total. The van der Waals surface area contributed by atoms with Gasteiger partial charge < -0.3 is 15.5 Å². The maximum absolute atomic E-state index is 12.2. The van der Waals surface area contributed by atoms with Crippen LogP contribution >= 0.6 is 11.8 Å². The summed E-state index contributed by atoms with van der Waals surface area (Å²) in [4.78, 5) is 22.5. The van der Waals surface area contributed by atoms with Crippen LogP contribution in [0.3, 0.4) is 0 Å². The minimum atomic E-state index is -3.73. The predicted octanol–water partition coefficient (Wildman–Crippen LogP) is 0.225. The van der Waals surface area contributed by atoms with Gasteiger partial charge in [0, 0.05) is 12.3 Å². The van der Waals surface area contributed by atoms with Crippen LogP contribution in [-0.4, -0.2) is 50.5 Å². The zero-order chi connectivity index (χ0) is 17.2. The van der Waals surface area contributed by atoms with Crippen LogP contribution in [0.5, 0.6) is 5.88 Å². The summed E-state index contributed by atoms with van der Waals surface area (Å²) >= 11 is 0.965. The number of anilines is 2. The van der Waals surface area contributed by atoms with Crippen molar-refractivity contribution in [2.24, 2.45) is 0 Å². The number of nitrogens with one attached hydrogen (secondary N) is 2. The number of nitrogen functional groups attached to an aromatic ring is 1. The number of nitrogens with zero attached hydrogens (tertiary/aromatic N) is 5. The number of fused-ring (bicyclic) bond motifs is 1. The number of rotatable bonds is 6. The normalized spacial score (nSPS) is 11.5. The van der Waals surface area contributed by atoms with Crippen LogP contribution in [0.15, 0.2) is 23.6 Å². The molecule has 0 bridgehead atoms. The highest BCUT2D eigenvalue weighted by molar-refractivity contribution is 8.12. The topological polar surface area (TPSA) is 162 Å². The molecule has 3 aromatic heterocycles. The largest absolute Gasteiger partial charge is 0.481 e. The number of methoxy groups -OCH3 is 1. The molecule has 3 heterocycles. The highest BCUT2D eigenvalue weighted by Crippen LogP contribution is 2.25. The Balaban J connectivity index is 1.75. The number of sulfonamides is 1. The van der Waals surface area contributed by atoms with Crippen molar-refractivity contribution < 1.29 is 13.2 Å². The van der Waals surface area contributed by atoms with Gasteiger partial charge in [-0.2, -0.15) is 9.97 Å². The Labute approximate surface area is 140 Å². The predicted molar refractivity (Wildman–Crippen MR) is 87.9 cm³/mol. The van der Waals surface area contributed by atoms with Crippen LogP contribution in [0, 0.1) is 0 Å². The molecular formula is C11H12N8O3S2.